The maximum absolute atomic E-state index is 12.6. The van der Waals surface area contributed by atoms with Crippen LogP contribution in [0.2, 0.25) is 0 Å². The van der Waals surface area contributed by atoms with Crippen molar-refractivity contribution in [2.24, 2.45) is 0 Å². The molecule has 2 N–H and O–H groups in total. The Morgan fingerprint density at radius 3 is 2.71 bits per heavy atom. The van der Waals surface area contributed by atoms with Crippen LogP contribution in [0.3, 0.4) is 0 Å². The zero-order valence-electron chi connectivity index (χ0n) is 19.0. The van der Waals surface area contributed by atoms with Gasteiger partial charge in [0.1, 0.15) is 23.1 Å². The number of aromatic nitrogens is 4. The molecule has 34 heavy (non-hydrogen) atoms. The van der Waals surface area contributed by atoms with Gasteiger partial charge in [0.15, 0.2) is 11.5 Å². The molecular formula is C25H26N6O3. The van der Waals surface area contributed by atoms with Crippen molar-refractivity contribution >= 4 is 28.4 Å². The van der Waals surface area contributed by atoms with E-state index in [0.29, 0.717) is 29.5 Å². The summed E-state index contributed by atoms with van der Waals surface area (Å²) in [6, 6.07) is 13.1. The van der Waals surface area contributed by atoms with Crippen molar-refractivity contribution in [1.82, 2.24) is 24.9 Å². The van der Waals surface area contributed by atoms with Crippen molar-refractivity contribution in [3.63, 3.8) is 0 Å². The van der Waals surface area contributed by atoms with E-state index in [2.05, 4.69) is 10.6 Å². The number of rotatable bonds is 6. The van der Waals surface area contributed by atoms with E-state index >= 15 is 0 Å². The number of carbonyl (C=O) groups excluding carboxylic acids is 1. The van der Waals surface area contributed by atoms with Crippen molar-refractivity contribution in [3.05, 3.63) is 42.5 Å². The predicted molar refractivity (Wildman–Crippen MR) is 128 cm³/mol. The number of hydrogen-bond donors (Lipinski definition) is 2. The second-order valence-electron chi connectivity index (χ2n) is 8.79. The molecule has 0 spiro atoms. The average molecular weight is 459 g/mol. The molecular weight excluding hydrogens is 432 g/mol. The van der Waals surface area contributed by atoms with Crippen LogP contribution >= 0.6 is 0 Å². The molecule has 2 aromatic heterocycles. The molecule has 0 unspecified atom stereocenters. The summed E-state index contributed by atoms with van der Waals surface area (Å²) >= 11 is 0. The summed E-state index contributed by atoms with van der Waals surface area (Å²) in [6.07, 6.45) is 5.00. The van der Waals surface area contributed by atoms with E-state index in [1.807, 2.05) is 42.5 Å². The molecule has 1 saturated carbocycles. The second kappa shape index (κ2) is 8.48. The summed E-state index contributed by atoms with van der Waals surface area (Å²) < 4.78 is 13.1. The van der Waals surface area contributed by atoms with Gasteiger partial charge in [0.25, 0.3) is 0 Å². The van der Waals surface area contributed by atoms with Gasteiger partial charge in [-0.15, -0.1) is 5.10 Å². The maximum atomic E-state index is 12.6. The highest BCUT2D eigenvalue weighted by Crippen LogP contribution is 2.34. The molecule has 9 heteroatoms. The number of methoxy groups -OCH3 is 1. The molecule has 2 aromatic carbocycles. The summed E-state index contributed by atoms with van der Waals surface area (Å²) in [5, 5.41) is 11.9. The summed E-state index contributed by atoms with van der Waals surface area (Å²) in [5.41, 5.74) is 2.24. The van der Waals surface area contributed by atoms with Crippen molar-refractivity contribution < 1.29 is 14.3 Å². The normalized spacial score (nSPS) is 18.5. The Labute approximate surface area is 196 Å². The minimum atomic E-state index is -0.388. The summed E-state index contributed by atoms with van der Waals surface area (Å²) in [6.45, 7) is 0.696. The van der Waals surface area contributed by atoms with Gasteiger partial charge in [0, 0.05) is 17.5 Å². The molecule has 0 radical (unpaired) electrons. The van der Waals surface area contributed by atoms with Gasteiger partial charge in [-0.2, -0.15) is 4.52 Å². The predicted octanol–water partition coefficient (Wildman–Crippen LogP) is 3.57. The topological polar surface area (TPSA) is 103 Å². The minimum Gasteiger partial charge on any atom is -0.497 e. The number of benzene rings is 2. The molecule has 1 aliphatic carbocycles. The number of para-hydroxylation sites is 1. The molecule has 174 valence electrons. The largest absolute Gasteiger partial charge is 0.497 e. The minimum absolute atomic E-state index is 0.0226. The van der Waals surface area contributed by atoms with Gasteiger partial charge in [-0.05, 0) is 68.5 Å². The van der Waals surface area contributed by atoms with Crippen molar-refractivity contribution in [3.8, 4) is 22.9 Å². The van der Waals surface area contributed by atoms with Crippen molar-refractivity contribution in [2.45, 2.75) is 44.2 Å². The monoisotopic (exact) mass is 458 g/mol. The van der Waals surface area contributed by atoms with E-state index in [9.17, 15) is 4.79 Å². The highest BCUT2D eigenvalue weighted by atomic mass is 16.5. The SMILES string of the molecule is COc1ccc(-c2nc3c4cccc(OC5CC5)c4nc(N[C@@H]4CCCCNC4=O)n3n2)cc1. The molecule has 1 saturated heterocycles. The van der Waals surface area contributed by atoms with Gasteiger partial charge in [0.05, 0.1) is 13.2 Å². The van der Waals surface area contributed by atoms with Crippen molar-refractivity contribution in [1.29, 1.82) is 0 Å². The van der Waals surface area contributed by atoms with Gasteiger partial charge < -0.3 is 20.1 Å². The molecule has 1 aliphatic heterocycles. The lowest BCUT2D eigenvalue weighted by molar-refractivity contribution is -0.121. The number of hydrogen-bond acceptors (Lipinski definition) is 7. The van der Waals surface area contributed by atoms with Crippen LogP contribution in [0.15, 0.2) is 42.5 Å². The number of carbonyl (C=O) groups is 1. The van der Waals surface area contributed by atoms with Crippen LogP contribution < -0.4 is 20.1 Å². The van der Waals surface area contributed by atoms with Gasteiger partial charge >= 0.3 is 0 Å². The first-order valence-electron chi connectivity index (χ1n) is 11.7. The number of nitrogens with one attached hydrogen (secondary N) is 2. The Morgan fingerprint density at radius 1 is 1.06 bits per heavy atom. The van der Waals surface area contributed by atoms with E-state index in [1.54, 1.807) is 11.6 Å². The quantitative estimate of drug-likeness (QED) is 0.455. The highest BCUT2D eigenvalue weighted by molar-refractivity contribution is 5.96. The Kier molecular flexibility index (Phi) is 5.16. The summed E-state index contributed by atoms with van der Waals surface area (Å²) in [7, 11) is 1.64. The van der Waals surface area contributed by atoms with E-state index in [4.69, 9.17) is 24.5 Å². The van der Waals surface area contributed by atoms with E-state index < -0.39 is 0 Å². The van der Waals surface area contributed by atoms with Crippen LogP contribution in [0.1, 0.15) is 32.1 Å². The summed E-state index contributed by atoms with van der Waals surface area (Å²) in [4.78, 5) is 22.4. The average Bonchev–Trinajstić information content (AvgIpc) is 3.60. The molecule has 2 fully saturated rings. The second-order valence-corrected chi connectivity index (χ2v) is 8.79. The standard InChI is InChI=1S/C25H26N6O3/c1-33-16-10-8-15(9-11-16)22-29-23-18-5-4-7-20(34-17-12-13-17)21(18)28-25(31(23)30-22)27-19-6-2-3-14-26-24(19)32/h4-5,7-11,17,19H,2-3,6,12-14H2,1H3,(H,26,32)(H,27,28)/t19-/m1/s1. The zero-order valence-corrected chi connectivity index (χ0v) is 19.0. The Balaban J connectivity index is 1.50. The number of nitrogens with zero attached hydrogens (tertiary/aromatic N) is 4. The molecule has 2 aliphatic rings. The van der Waals surface area contributed by atoms with Crippen molar-refractivity contribution in [2.75, 3.05) is 19.0 Å². The first-order valence-corrected chi connectivity index (χ1v) is 11.7. The number of fused-ring (bicyclic) bond motifs is 3. The lowest BCUT2D eigenvalue weighted by atomic mass is 10.1. The lowest BCUT2D eigenvalue weighted by Gasteiger charge is -2.17. The van der Waals surface area contributed by atoms with Gasteiger partial charge in [0.2, 0.25) is 11.9 Å². The summed E-state index contributed by atoms with van der Waals surface area (Å²) in [5.74, 6) is 2.51. The fourth-order valence-corrected chi connectivity index (χ4v) is 4.25. The lowest BCUT2D eigenvalue weighted by Crippen LogP contribution is -2.38. The van der Waals surface area contributed by atoms with Crippen LogP contribution in [-0.2, 0) is 4.79 Å². The first kappa shape index (κ1) is 20.7. The third-order valence-corrected chi connectivity index (χ3v) is 6.27. The maximum Gasteiger partial charge on any atom is 0.242 e. The number of ether oxygens (including phenoxy) is 2. The zero-order chi connectivity index (χ0) is 23.1. The molecule has 4 aromatic rings. The van der Waals surface area contributed by atoms with E-state index in [-0.39, 0.29) is 18.1 Å². The van der Waals surface area contributed by atoms with Gasteiger partial charge in [-0.3, -0.25) is 4.79 Å². The third kappa shape index (κ3) is 3.87. The fourth-order valence-electron chi connectivity index (χ4n) is 4.25. The molecule has 9 nitrogen and oxygen atoms in total. The molecule has 1 amide bonds. The Hall–Kier alpha value is -3.88. The molecule has 1 atom stereocenters. The highest BCUT2D eigenvalue weighted by Gasteiger charge is 2.27. The van der Waals surface area contributed by atoms with Crippen LogP contribution in [0, 0.1) is 0 Å². The molecule has 6 rings (SSSR count). The van der Waals surface area contributed by atoms with E-state index in [1.165, 1.54) is 0 Å². The van der Waals surface area contributed by atoms with Gasteiger partial charge in [-0.25, -0.2) is 9.97 Å². The smallest absolute Gasteiger partial charge is 0.242 e. The van der Waals surface area contributed by atoms with Crippen LogP contribution in [0.4, 0.5) is 5.95 Å². The third-order valence-electron chi connectivity index (χ3n) is 6.27. The van der Waals surface area contributed by atoms with Gasteiger partial charge in [-0.1, -0.05) is 6.07 Å². The van der Waals surface area contributed by atoms with Crippen LogP contribution in [0.5, 0.6) is 11.5 Å². The first-order chi connectivity index (χ1) is 16.7. The molecule has 0 bridgehead atoms. The number of anilines is 1. The van der Waals surface area contributed by atoms with Crippen LogP contribution in [-0.4, -0.2) is 51.3 Å². The Bertz CT molecular complexity index is 1360. The number of amides is 1. The molecule has 3 heterocycles. The van der Waals surface area contributed by atoms with E-state index in [0.717, 1.165) is 54.6 Å². The Morgan fingerprint density at radius 2 is 1.91 bits per heavy atom. The fraction of sp³-hybridized carbons (Fsp3) is 0.360. The van der Waals surface area contributed by atoms with Crippen LogP contribution in [0.25, 0.3) is 27.9 Å².